The van der Waals surface area contributed by atoms with E-state index in [1.54, 1.807) is 7.05 Å². The average Bonchev–Trinajstić information content (AvgIpc) is 2.91. The number of aryl methyl sites for hydroxylation is 2. The Hall–Kier alpha value is -2.09. The van der Waals surface area contributed by atoms with E-state index in [4.69, 9.17) is 0 Å². The molecule has 8 heteroatoms. The Morgan fingerprint density at radius 1 is 1.22 bits per heavy atom. The van der Waals surface area contributed by atoms with Crippen LogP contribution >= 0.6 is 0 Å². The molecule has 0 saturated carbocycles. The first kappa shape index (κ1) is 15.8. The van der Waals surface area contributed by atoms with Crippen LogP contribution in [0.4, 0.5) is 5.95 Å². The van der Waals surface area contributed by atoms with Crippen LogP contribution in [0.3, 0.4) is 0 Å². The van der Waals surface area contributed by atoms with Gasteiger partial charge < -0.3 is 14.8 Å². The fourth-order valence-corrected chi connectivity index (χ4v) is 2.93. The average molecular weight is 320 g/mol. The molecule has 23 heavy (non-hydrogen) atoms. The lowest BCUT2D eigenvalue weighted by Gasteiger charge is -2.28. The fraction of sp³-hybridized carbons (Fsp3) is 0.667. The van der Waals surface area contributed by atoms with Gasteiger partial charge in [0.15, 0.2) is 11.2 Å². The van der Waals surface area contributed by atoms with Crippen molar-refractivity contribution < 1.29 is 0 Å². The predicted octanol–water partition coefficient (Wildman–Crippen LogP) is -0.121. The number of hydrogen-bond donors (Lipinski definition) is 2. The molecule has 0 bridgehead atoms. The minimum absolute atomic E-state index is 0.360. The van der Waals surface area contributed by atoms with Gasteiger partial charge >= 0.3 is 5.69 Å². The second-order valence-electron chi connectivity index (χ2n) is 6.47. The highest BCUT2D eigenvalue weighted by atomic mass is 16.2. The quantitative estimate of drug-likeness (QED) is 0.820. The van der Waals surface area contributed by atoms with Crippen LogP contribution in [0.1, 0.15) is 20.3 Å². The molecule has 0 radical (unpaired) electrons. The molecule has 0 amide bonds. The smallest absolute Gasteiger partial charge is 0.329 e. The molecule has 2 aromatic heterocycles. The highest BCUT2D eigenvalue weighted by Gasteiger charge is 2.22. The summed E-state index contributed by atoms with van der Waals surface area (Å²) in [6, 6.07) is 0. The third kappa shape index (κ3) is 2.90. The molecule has 0 unspecified atom stereocenters. The number of imidazole rings is 1. The lowest BCUT2D eigenvalue weighted by molar-refractivity contribution is 0.510. The SMILES string of the molecule is CC(C)CCn1c(N2CCNCC2)nc2c1c(=O)[nH]c(=O)n2C. The van der Waals surface area contributed by atoms with Crippen molar-refractivity contribution in [2.24, 2.45) is 13.0 Å². The fourth-order valence-electron chi connectivity index (χ4n) is 2.93. The van der Waals surface area contributed by atoms with Crippen LogP contribution in [-0.2, 0) is 13.6 Å². The van der Waals surface area contributed by atoms with Gasteiger partial charge in [-0.1, -0.05) is 13.8 Å². The van der Waals surface area contributed by atoms with Crippen LogP contribution < -0.4 is 21.5 Å². The summed E-state index contributed by atoms with van der Waals surface area (Å²) in [5.41, 5.74) is 0.154. The maximum absolute atomic E-state index is 12.4. The summed E-state index contributed by atoms with van der Waals surface area (Å²) in [4.78, 5) is 33.4. The monoisotopic (exact) mass is 320 g/mol. The minimum atomic E-state index is -0.428. The first-order valence-corrected chi connectivity index (χ1v) is 8.14. The second kappa shape index (κ2) is 6.19. The standard InChI is InChI=1S/C15H24N6O2/c1-10(2)4-7-21-11-12(19(3)15(23)18-13(11)22)17-14(21)20-8-5-16-6-9-20/h10,16H,4-9H2,1-3H3,(H,18,22,23). The zero-order valence-corrected chi connectivity index (χ0v) is 13.9. The number of nitrogens with zero attached hydrogens (tertiary/aromatic N) is 4. The zero-order chi connectivity index (χ0) is 16.6. The molecule has 0 aromatic carbocycles. The van der Waals surface area contributed by atoms with Crippen LogP contribution in [0, 0.1) is 5.92 Å². The molecule has 3 heterocycles. The summed E-state index contributed by atoms with van der Waals surface area (Å²) in [5, 5.41) is 3.32. The third-order valence-electron chi connectivity index (χ3n) is 4.32. The normalized spacial score (nSPS) is 15.7. The van der Waals surface area contributed by atoms with E-state index in [-0.39, 0.29) is 5.56 Å². The summed E-state index contributed by atoms with van der Waals surface area (Å²) in [6.45, 7) is 8.50. The number of anilines is 1. The molecule has 1 saturated heterocycles. The van der Waals surface area contributed by atoms with E-state index < -0.39 is 5.69 Å². The van der Waals surface area contributed by atoms with Crippen molar-refractivity contribution in [3.05, 3.63) is 20.8 Å². The largest absolute Gasteiger partial charge is 0.340 e. The van der Waals surface area contributed by atoms with Crippen molar-refractivity contribution in [2.45, 2.75) is 26.8 Å². The molecule has 3 rings (SSSR count). The summed E-state index contributed by atoms with van der Waals surface area (Å²) in [7, 11) is 1.64. The van der Waals surface area contributed by atoms with Crippen molar-refractivity contribution in [3.63, 3.8) is 0 Å². The molecule has 0 spiro atoms. The van der Waals surface area contributed by atoms with Crippen molar-refractivity contribution in [3.8, 4) is 0 Å². The number of fused-ring (bicyclic) bond motifs is 1. The zero-order valence-electron chi connectivity index (χ0n) is 13.9. The molecule has 0 atom stereocenters. The summed E-state index contributed by atoms with van der Waals surface area (Å²) < 4.78 is 3.38. The van der Waals surface area contributed by atoms with Gasteiger partial charge in [-0.2, -0.15) is 4.98 Å². The summed E-state index contributed by atoms with van der Waals surface area (Å²) in [6.07, 6.45) is 0.951. The van der Waals surface area contributed by atoms with Gasteiger partial charge in [0.2, 0.25) is 5.95 Å². The third-order valence-corrected chi connectivity index (χ3v) is 4.32. The van der Waals surface area contributed by atoms with Gasteiger partial charge in [-0.3, -0.25) is 14.3 Å². The second-order valence-corrected chi connectivity index (χ2v) is 6.47. The molecule has 126 valence electrons. The Kier molecular flexibility index (Phi) is 4.25. The van der Waals surface area contributed by atoms with E-state index in [0.29, 0.717) is 23.6 Å². The molecule has 1 aliphatic rings. The number of piperazine rings is 1. The minimum Gasteiger partial charge on any atom is -0.340 e. The molecular formula is C15H24N6O2. The van der Waals surface area contributed by atoms with Crippen LogP contribution in [0.25, 0.3) is 11.2 Å². The molecule has 2 aromatic rings. The van der Waals surface area contributed by atoms with E-state index >= 15 is 0 Å². The molecular weight excluding hydrogens is 296 g/mol. The van der Waals surface area contributed by atoms with E-state index in [1.807, 2.05) is 4.57 Å². The number of hydrogen-bond acceptors (Lipinski definition) is 5. The van der Waals surface area contributed by atoms with Crippen molar-refractivity contribution in [2.75, 3.05) is 31.1 Å². The maximum Gasteiger partial charge on any atom is 0.329 e. The Bertz CT molecular complexity index is 810. The lowest BCUT2D eigenvalue weighted by Crippen LogP contribution is -2.44. The topological polar surface area (TPSA) is 88.0 Å². The van der Waals surface area contributed by atoms with Crippen molar-refractivity contribution in [1.82, 2.24) is 24.4 Å². The Labute approximate surface area is 134 Å². The Balaban J connectivity index is 2.18. The predicted molar refractivity (Wildman–Crippen MR) is 90.1 cm³/mol. The number of H-pyrrole nitrogens is 1. The van der Waals surface area contributed by atoms with Gasteiger partial charge in [-0.15, -0.1) is 0 Å². The molecule has 8 nitrogen and oxygen atoms in total. The van der Waals surface area contributed by atoms with Gasteiger partial charge in [0.05, 0.1) is 0 Å². The van der Waals surface area contributed by atoms with Gasteiger partial charge in [0.25, 0.3) is 5.56 Å². The first-order valence-electron chi connectivity index (χ1n) is 8.14. The molecule has 1 fully saturated rings. The van der Waals surface area contributed by atoms with Crippen LogP contribution in [0.2, 0.25) is 0 Å². The van der Waals surface area contributed by atoms with Crippen LogP contribution in [0.5, 0.6) is 0 Å². The van der Waals surface area contributed by atoms with Crippen molar-refractivity contribution >= 4 is 17.1 Å². The molecule has 2 N–H and O–H groups in total. The van der Waals surface area contributed by atoms with Gasteiger partial charge in [0, 0.05) is 39.8 Å². The highest BCUT2D eigenvalue weighted by molar-refractivity contribution is 5.74. The number of nitrogens with one attached hydrogen (secondary N) is 2. The van der Waals surface area contributed by atoms with Crippen molar-refractivity contribution in [1.29, 1.82) is 0 Å². The van der Waals surface area contributed by atoms with E-state index in [0.717, 1.165) is 38.5 Å². The highest BCUT2D eigenvalue weighted by Crippen LogP contribution is 2.21. The van der Waals surface area contributed by atoms with Crippen LogP contribution in [0.15, 0.2) is 9.59 Å². The first-order chi connectivity index (χ1) is 11.0. The Morgan fingerprint density at radius 3 is 2.57 bits per heavy atom. The van der Waals surface area contributed by atoms with Crippen LogP contribution in [-0.4, -0.2) is 45.3 Å². The Morgan fingerprint density at radius 2 is 1.91 bits per heavy atom. The molecule has 1 aliphatic heterocycles. The van der Waals surface area contributed by atoms with Gasteiger partial charge in [-0.25, -0.2) is 4.79 Å². The number of aromatic nitrogens is 4. The molecule has 0 aliphatic carbocycles. The maximum atomic E-state index is 12.4. The summed E-state index contributed by atoms with van der Waals surface area (Å²) >= 11 is 0. The van der Waals surface area contributed by atoms with Gasteiger partial charge in [-0.05, 0) is 12.3 Å². The van der Waals surface area contributed by atoms with E-state index in [9.17, 15) is 9.59 Å². The number of rotatable bonds is 4. The number of aromatic amines is 1. The van der Waals surface area contributed by atoms with Gasteiger partial charge in [0.1, 0.15) is 0 Å². The summed E-state index contributed by atoms with van der Waals surface area (Å²) in [5.74, 6) is 1.31. The van der Waals surface area contributed by atoms with E-state index in [2.05, 4.69) is 34.0 Å². The lowest BCUT2D eigenvalue weighted by atomic mass is 10.1. The van der Waals surface area contributed by atoms with E-state index in [1.165, 1.54) is 4.57 Å².